The van der Waals surface area contributed by atoms with Crippen molar-refractivity contribution in [1.29, 1.82) is 0 Å². The van der Waals surface area contributed by atoms with Gasteiger partial charge in [-0.05, 0) is 11.6 Å². The second kappa shape index (κ2) is 6.37. The summed E-state index contributed by atoms with van der Waals surface area (Å²) in [5, 5.41) is 20.1. The smallest absolute Gasteiger partial charge is 0.498 e. The highest BCUT2D eigenvalue weighted by Crippen LogP contribution is 2.28. The van der Waals surface area contributed by atoms with E-state index < -0.39 is 18.1 Å². The van der Waals surface area contributed by atoms with Gasteiger partial charge in [-0.3, -0.25) is 10.1 Å². The minimum Gasteiger partial charge on any atom is -0.508 e. The summed E-state index contributed by atoms with van der Waals surface area (Å²) < 4.78 is 10.4. The molecule has 0 amide bonds. The lowest BCUT2D eigenvalue weighted by atomic mass is 9.78. The normalized spacial score (nSPS) is 16.8. The maximum Gasteiger partial charge on any atom is 0.498 e. The Hall–Kier alpha value is -1.60. The van der Waals surface area contributed by atoms with E-state index in [1.165, 1.54) is 13.2 Å². The van der Waals surface area contributed by atoms with Crippen LogP contribution in [0, 0.1) is 10.1 Å². The number of hydrogen-bond acceptors (Lipinski definition) is 5. The summed E-state index contributed by atoms with van der Waals surface area (Å²) in [4.78, 5) is 10.0. The lowest BCUT2D eigenvalue weighted by Crippen LogP contribution is -2.31. The molecule has 1 aromatic carbocycles. The van der Waals surface area contributed by atoms with Crippen molar-refractivity contribution >= 4 is 12.6 Å². The largest absolute Gasteiger partial charge is 0.508 e. The highest BCUT2D eigenvalue weighted by atomic mass is 16.6. The molecule has 1 aromatic rings. The van der Waals surface area contributed by atoms with Gasteiger partial charge in [0.15, 0.2) is 0 Å². The van der Waals surface area contributed by atoms with Crippen LogP contribution in [0.5, 0.6) is 5.75 Å². The van der Waals surface area contributed by atoms with Gasteiger partial charge in [-0.1, -0.05) is 26.0 Å². The molecule has 1 aliphatic rings. The average Bonchev–Trinajstić information content (AvgIpc) is 2.71. The summed E-state index contributed by atoms with van der Waals surface area (Å²) in [6.07, 6.45) is -0.665. The standard InChI is InChI=1S/C9H10BNO5.C2H6/c1-15-10-9-6(3-2-4-7(9)12)8(16-10)5-11(13)14;1-2/h2-4,8,12H,5H2,1H3;1-2H3. The molecule has 1 aliphatic heterocycles. The maximum absolute atomic E-state index is 10.5. The molecule has 18 heavy (non-hydrogen) atoms. The predicted molar refractivity (Wildman–Crippen MR) is 67.5 cm³/mol. The summed E-state index contributed by atoms with van der Waals surface area (Å²) in [6.45, 7) is 3.66. The molecule has 2 rings (SSSR count). The number of fused-ring (bicyclic) bond motifs is 1. The van der Waals surface area contributed by atoms with Crippen LogP contribution in [0.15, 0.2) is 18.2 Å². The van der Waals surface area contributed by atoms with Crippen LogP contribution in [0.25, 0.3) is 0 Å². The van der Waals surface area contributed by atoms with E-state index in [-0.39, 0.29) is 12.3 Å². The van der Waals surface area contributed by atoms with Crippen molar-refractivity contribution in [2.24, 2.45) is 0 Å². The van der Waals surface area contributed by atoms with Crippen LogP contribution < -0.4 is 5.46 Å². The molecule has 0 aliphatic carbocycles. The molecule has 1 unspecified atom stereocenters. The molecule has 0 saturated heterocycles. The Kier molecular flexibility index (Phi) is 5.12. The number of benzene rings is 1. The van der Waals surface area contributed by atoms with Crippen LogP contribution in [-0.4, -0.2) is 30.8 Å². The molecule has 1 atom stereocenters. The van der Waals surface area contributed by atoms with Crippen LogP contribution in [0.1, 0.15) is 25.5 Å². The Morgan fingerprint density at radius 1 is 1.56 bits per heavy atom. The lowest BCUT2D eigenvalue weighted by Gasteiger charge is -2.06. The molecule has 0 spiro atoms. The van der Waals surface area contributed by atoms with Crippen molar-refractivity contribution < 1.29 is 19.3 Å². The van der Waals surface area contributed by atoms with Gasteiger partial charge in [-0.2, -0.15) is 0 Å². The lowest BCUT2D eigenvalue weighted by molar-refractivity contribution is -0.490. The summed E-state index contributed by atoms with van der Waals surface area (Å²) in [6, 6.07) is 4.83. The molecule has 98 valence electrons. The van der Waals surface area contributed by atoms with Gasteiger partial charge in [-0.25, -0.2) is 0 Å². The first-order valence-electron chi connectivity index (χ1n) is 5.75. The van der Waals surface area contributed by atoms with Crippen molar-refractivity contribution in [3.8, 4) is 5.75 Å². The molecule has 1 N–H and O–H groups in total. The number of phenols is 1. The van der Waals surface area contributed by atoms with E-state index in [9.17, 15) is 15.2 Å². The summed E-state index contributed by atoms with van der Waals surface area (Å²) >= 11 is 0. The molecule has 0 saturated carbocycles. The fourth-order valence-corrected chi connectivity index (χ4v) is 1.85. The van der Waals surface area contributed by atoms with E-state index in [0.717, 1.165) is 0 Å². The van der Waals surface area contributed by atoms with Gasteiger partial charge in [0.25, 0.3) is 0 Å². The first kappa shape index (κ1) is 14.5. The molecule has 0 aromatic heterocycles. The number of nitro groups is 1. The third-order valence-electron chi connectivity index (χ3n) is 2.52. The van der Waals surface area contributed by atoms with Crippen molar-refractivity contribution in [3.63, 3.8) is 0 Å². The first-order valence-corrected chi connectivity index (χ1v) is 5.75. The molecule has 0 radical (unpaired) electrons. The van der Waals surface area contributed by atoms with Crippen molar-refractivity contribution in [1.82, 2.24) is 0 Å². The monoisotopic (exact) mass is 253 g/mol. The van der Waals surface area contributed by atoms with Crippen molar-refractivity contribution in [3.05, 3.63) is 33.9 Å². The molecule has 1 heterocycles. The fourth-order valence-electron chi connectivity index (χ4n) is 1.85. The Labute approximate surface area is 106 Å². The Morgan fingerprint density at radius 3 is 2.78 bits per heavy atom. The fraction of sp³-hybridized carbons (Fsp3) is 0.455. The zero-order chi connectivity index (χ0) is 13.7. The van der Waals surface area contributed by atoms with E-state index in [0.29, 0.717) is 11.0 Å². The molecular formula is C11H16BNO5. The number of aromatic hydroxyl groups is 1. The number of nitrogens with zero attached hydrogens (tertiary/aromatic N) is 1. The summed E-state index contributed by atoms with van der Waals surface area (Å²) in [5.41, 5.74) is 1.10. The van der Waals surface area contributed by atoms with Gasteiger partial charge in [0.1, 0.15) is 11.9 Å². The zero-order valence-electron chi connectivity index (χ0n) is 10.6. The van der Waals surface area contributed by atoms with E-state index in [2.05, 4.69) is 0 Å². The molecule has 0 bridgehead atoms. The van der Waals surface area contributed by atoms with Gasteiger partial charge in [-0.15, -0.1) is 0 Å². The quantitative estimate of drug-likeness (QED) is 0.495. The Morgan fingerprint density at radius 2 is 2.22 bits per heavy atom. The average molecular weight is 253 g/mol. The summed E-state index contributed by atoms with van der Waals surface area (Å²) in [7, 11) is 0.691. The number of hydrogen-bond donors (Lipinski definition) is 1. The van der Waals surface area contributed by atoms with Crippen LogP contribution in [0.3, 0.4) is 0 Å². The third kappa shape index (κ3) is 2.80. The zero-order valence-corrected chi connectivity index (χ0v) is 10.6. The minimum absolute atomic E-state index is 0.0372. The highest BCUT2D eigenvalue weighted by Gasteiger charge is 2.41. The molecule has 7 heteroatoms. The predicted octanol–water partition coefficient (Wildman–Crippen LogP) is 1.11. The van der Waals surface area contributed by atoms with Crippen molar-refractivity contribution in [2.45, 2.75) is 20.0 Å². The van der Waals surface area contributed by atoms with E-state index in [4.69, 9.17) is 9.31 Å². The second-order valence-electron chi connectivity index (χ2n) is 3.49. The molecular weight excluding hydrogens is 237 g/mol. The van der Waals surface area contributed by atoms with E-state index in [1.807, 2.05) is 13.8 Å². The van der Waals surface area contributed by atoms with Crippen LogP contribution in [-0.2, 0) is 9.31 Å². The van der Waals surface area contributed by atoms with Gasteiger partial charge in [0.2, 0.25) is 6.54 Å². The first-order chi connectivity index (χ1) is 8.63. The second-order valence-corrected chi connectivity index (χ2v) is 3.49. The number of rotatable bonds is 3. The Balaban J connectivity index is 0.000000771. The Bertz CT molecular complexity index is 426. The van der Waals surface area contributed by atoms with Crippen molar-refractivity contribution in [2.75, 3.05) is 13.7 Å². The van der Waals surface area contributed by atoms with Crippen LogP contribution >= 0.6 is 0 Å². The van der Waals surface area contributed by atoms with Gasteiger partial charge in [0.05, 0.1) is 0 Å². The van der Waals surface area contributed by atoms with Gasteiger partial charge in [0, 0.05) is 17.5 Å². The van der Waals surface area contributed by atoms with E-state index >= 15 is 0 Å². The minimum atomic E-state index is -0.735. The van der Waals surface area contributed by atoms with Crippen LogP contribution in [0.2, 0.25) is 0 Å². The summed E-state index contributed by atoms with van der Waals surface area (Å²) in [5.74, 6) is 0.0372. The van der Waals surface area contributed by atoms with Crippen LogP contribution in [0.4, 0.5) is 0 Å². The maximum atomic E-state index is 10.5. The van der Waals surface area contributed by atoms with E-state index in [1.54, 1.807) is 12.1 Å². The SMILES string of the molecule is CC.COB1OC(C[N+](=O)[O-])c2cccc(O)c21. The topological polar surface area (TPSA) is 81.8 Å². The van der Waals surface area contributed by atoms with Gasteiger partial charge >= 0.3 is 7.12 Å². The molecule has 0 fully saturated rings. The highest BCUT2D eigenvalue weighted by molar-refractivity contribution is 6.64. The van der Waals surface area contributed by atoms with Gasteiger partial charge < -0.3 is 14.4 Å². The number of phenolic OH excluding ortho intramolecular Hbond substituents is 1. The third-order valence-corrected chi connectivity index (χ3v) is 2.52. The molecule has 6 nitrogen and oxygen atoms in total.